The first-order chi connectivity index (χ1) is 6.69. The number of ether oxygens (including phenoxy) is 1. The van der Waals surface area contributed by atoms with Crippen molar-refractivity contribution in [2.45, 2.75) is 12.8 Å². The number of likely N-dealkylation sites (tertiary alicyclic amines) is 1. The van der Waals surface area contributed by atoms with Crippen molar-refractivity contribution in [3.05, 3.63) is 12.7 Å². The molecule has 1 fully saturated rings. The predicted molar refractivity (Wildman–Crippen MR) is 51.5 cm³/mol. The maximum Gasteiger partial charge on any atom is 0.310 e. The number of esters is 1. The van der Waals surface area contributed by atoms with Crippen LogP contribution >= 0.6 is 0 Å². The highest BCUT2D eigenvalue weighted by Gasteiger charge is 2.27. The van der Waals surface area contributed by atoms with Crippen LogP contribution in [0.5, 0.6) is 0 Å². The van der Waals surface area contributed by atoms with Crippen molar-refractivity contribution < 1.29 is 14.3 Å². The van der Waals surface area contributed by atoms with Crippen LogP contribution in [0.15, 0.2) is 12.7 Å². The molecular weight excluding hydrogens is 182 g/mol. The van der Waals surface area contributed by atoms with Crippen molar-refractivity contribution in [2.75, 3.05) is 20.2 Å². The molecule has 0 radical (unpaired) electrons. The molecule has 0 aromatic carbocycles. The van der Waals surface area contributed by atoms with E-state index < -0.39 is 0 Å². The van der Waals surface area contributed by atoms with E-state index in [1.807, 2.05) is 0 Å². The van der Waals surface area contributed by atoms with E-state index in [1.54, 1.807) is 4.90 Å². The molecule has 1 amide bonds. The van der Waals surface area contributed by atoms with E-state index in [4.69, 9.17) is 0 Å². The molecule has 4 heteroatoms. The van der Waals surface area contributed by atoms with Gasteiger partial charge >= 0.3 is 5.97 Å². The van der Waals surface area contributed by atoms with Gasteiger partial charge in [0, 0.05) is 13.1 Å². The third kappa shape index (κ3) is 2.34. The summed E-state index contributed by atoms with van der Waals surface area (Å²) in [5, 5.41) is 0. The molecule has 1 aliphatic rings. The van der Waals surface area contributed by atoms with Crippen molar-refractivity contribution in [1.82, 2.24) is 4.90 Å². The van der Waals surface area contributed by atoms with Gasteiger partial charge in [0.1, 0.15) is 0 Å². The SMILES string of the molecule is C=CC(=O)N1CCC[C@H](C(=O)OC)C1. The van der Waals surface area contributed by atoms with Gasteiger partial charge < -0.3 is 9.64 Å². The highest BCUT2D eigenvalue weighted by Crippen LogP contribution is 2.17. The topological polar surface area (TPSA) is 46.6 Å². The minimum absolute atomic E-state index is 0.112. The van der Waals surface area contributed by atoms with E-state index in [0.717, 1.165) is 12.8 Å². The average Bonchev–Trinajstić information content (AvgIpc) is 2.27. The van der Waals surface area contributed by atoms with Crippen LogP contribution < -0.4 is 0 Å². The Morgan fingerprint density at radius 2 is 2.29 bits per heavy atom. The second-order valence-electron chi connectivity index (χ2n) is 3.35. The fourth-order valence-corrected chi connectivity index (χ4v) is 1.67. The summed E-state index contributed by atoms with van der Waals surface area (Å²) in [6.07, 6.45) is 2.92. The zero-order chi connectivity index (χ0) is 10.6. The Balaban J connectivity index is 2.55. The highest BCUT2D eigenvalue weighted by molar-refractivity contribution is 5.87. The van der Waals surface area contributed by atoms with Gasteiger partial charge in [-0.05, 0) is 18.9 Å². The van der Waals surface area contributed by atoms with Crippen molar-refractivity contribution >= 4 is 11.9 Å². The third-order valence-electron chi connectivity index (χ3n) is 2.44. The summed E-state index contributed by atoms with van der Waals surface area (Å²) in [6.45, 7) is 4.58. The van der Waals surface area contributed by atoms with E-state index in [2.05, 4.69) is 11.3 Å². The molecule has 4 nitrogen and oxygen atoms in total. The van der Waals surface area contributed by atoms with Crippen molar-refractivity contribution in [3.63, 3.8) is 0 Å². The Labute approximate surface area is 83.5 Å². The maximum absolute atomic E-state index is 11.3. The highest BCUT2D eigenvalue weighted by atomic mass is 16.5. The van der Waals surface area contributed by atoms with Gasteiger partial charge in [-0.3, -0.25) is 9.59 Å². The van der Waals surface area contributed by atoms with Crippen LogP contribution in [0.2, 0.25) is 0 Å². The Kier molecular flexibility index (Phi) is 3.68. The molecule has 0 bridgehead atoms. The standard InChI is InChI=1S/C10H15NO3/c1-3-9(12)11-6-4-5-8(7-11)10(13)14-2/h3,8H,1,4-7H2,2H3/t8-/m0/s1. The van der Waals surface area contributed by atoms with Gasteiger partial charge in [0.05, 0.1) is 13.0 Å². The zero-order valence-corrected chi connectivity index (χ0v) is 8.36. The number of nitrogens with zero attached hydrogens (tertiary/aromatic N) is 1. The van der Waals surface area contributed by atoms with Crippen molar-refractivity contribution in [1.29, 1.82) is 0 Å². The van der Waals surface area contributed by atoms with E-state index in [-0.39, 0.29) is 17.8 Å². The molecule has 0 unspecified atom stereocenters. The molecule has 0 aromatic rings. The lowest BCUT2D eigenvalue weighted by Crippen LogP contribution is -2.41. The Morgan fingerprint density at radius 1 is 1.57 bits per heavy atom. The number of rotatable bonds is 2. The number of amides is 1. The fourth-order valence-electron chi connectivity index (χ4n) is 1.67. The molecule has 1 aliphatic heterocycles. The van der Waals surface area contributed by atoms with Crippen LogP contribution in [-0.2, 0) is 14.3 Å². The Bertz CT molecular complexity index is 250. The predicted octanol–water partition coefficient (Wildman–Crippen LogP) is 0.584. The molecule has 0 saturated carbocycles. The molecule has 0 aliphatic carbocycles. The lowest BCUT2D eigenvalue weighted by Gasteiger charge is -2.30. The smallest absolute Gasteiger partial charge is 0.310 e. The molecular formula is C10H15NO3. The largest absolute Gasteiger partial charge is 0.469 e. The molecule has 14 heavy (non-hydrogen) atoms. The van der Waals surface area contributed by atoms with E-state index >= 15 is 0 Å². The summed E-state index contributed by atoms with van der Waals surface area (Å²) >= 11 is 0. The van der Waals surface area contributed by atoms with Crippen LogP contribution in [0, 0.1) is 5.92 Å². The van der Waals surface area contributed by atoms with E-state index in [9.17, 15) is 9.59 Å². The first-order valence-electron chi connectivity index (χ1n) is 4.68. The lowest BCUT2D eigenvalue weighted by molar-refractivity contribution is -0.148. The molecule has 0 spiro atoms. The number of carbonyl (C=O) groups is 2. The molecule has 1 atom stereocenters. The number of hydrogen-bond donors (Lipinski definition) is 0. The molecule has 1 heterocycles. The summed E-state index contributed by atoms with van der Waals surface area (Å²) < 4.78 is 4.65. The van der Waals surface area contributed by atoms with E-state index in [1.165, 1.54) is 13.2 Å². The summed E-state index contributed by atoms with van der Waals surface area (Å²) in [5.41, 5.74) is 0. The maximum atomic E-state index is 11.3. The number of methoxy groups -OCH3 is 1. The number of carbonyl (C=O) groups excluding carboxylic acids is 2. The average molecular weight is 197 g/mol. The van der Waals surface area contributed by atoms with Gasteiger partial charge in [0.2, 0.25) is 5.91 Å². The number of piperidine rings is 1. The quantitative estimate of drug-likeness (QED) is 0.480. The van der Waals surface area contributed by atoms with Gasteiger partial charge in [-0.1, -0.05) is 6.58 Å². The van der Waals surface area contributed by atoms with Gasteiger partial charge in [0.25, 0.3) is 0 Å². The first kappa shape index (κ1) is 10.8. The summed E-state index contributed by atoms with van der Waals surface area (Å²) in [5.74, 6) is -0.511. The van der Waals surface area contributed by atoms with Crippen LogP contribution in [0.25, 0.3) is 0 Å². The van der Waals surface area contributed by atoms with Gasteiger partial charge in [-0.2, -0.15) is 0 Å². The van der Waals surface area contributed by atoms with Crippen molar-refractivity contribution in [2.24, 2.45) is 5.92 Å². The van der Waals surface area contributed by atoms with Crippen LogP contribution in [0.4, 0.5) is 0 Å². The second-order valence-corrected chi connectivity index (χ2v) is 3.35. The third-order valence-corrected chi connectivity index (χ3v) is 2.44. The normalized spacial score (nSPS) is 21.5. The number of hydrogen-bond acceptors (Lipinski definition) is 3. The first-order valence-corrected chi connectivity index (χ1v) is 4.68. The van der Waals surface area contributed by atoms with E-state index in [0.29, 0.717) is 13.1 Å². The summed E-state index contributed by atoms with van der Waals surface area (Å²) in [6, 6.07) is 0. The zero-order valence-electron chi connectivity index (χ0n) is 8.36. The molecule has 1 rings (SSSR count). The van der Waals surface area contributed by atoms with Crippen molar-refractivity contribution in [3.8, 4) is 0 Å². The Hall–Kier alpha value is -1.32. The lowest BCUT2D eigenvalue weighted by atomic mass is 9.98. The van der Waals surface area contributed by atoms with Crippen LogP contribution in [0.3, 0.4) is 0 Å². The fraction of sp³-hybridized carbons (Fsp3) is 0.600. The summed E-state index contributed by atoms with van der Waals surface area (Å²) in [7, 11) is 1.37. The van der Waals surface area contributed by atoms with Gasteiger partial charge in [0.15, 0.2) is 0 Å². The monoisotopic (exact) mass is 197 g/mol. The minimum atomic E-state index is -0.230. The minimum Gasteiger partial charge on any atom is -0.469 e. The second kappa shape index (κ2) is 4.79. The van der Waals surface area contributed by atoms with Gasteiger partial charge in [-0.15, -0.1) is 0 Å². The molecule has 78 valence electrons. The Morgan fingerprint density at radius 3 is 2.86 bits per heavy atom. The van der Waals surface area contributed by atoms with Crippen LogP contribution in [0.1, 0.15) is 12.8 Å². The molecule has 1 saturated heterocycles. The molecule has 0 aromatic heterocycles. The molecule has 0 N–H and O–H groups in total. The van der Waals surface area contributed by atoms with Crippen LogP contribution in [-0.4, -0.2) is 37.0 Å². The summed E-state index contributed by atoms with van der Waals surface area (Å²) in [4.78, 5) is 24.2. The van der Waals surface area contributed by atoms with Gasteiger partial charge in [-0.25, -0.2) is 0 Å².